The molecule has 0 radical (unpaired) electrons. The molecule has 1 amide bonds. The van der Waals surface area contributed by atoms with Crippen molar-refractivity contribution in [3.8, 4) is 0 Å². The van der Waals surface area contributed by atoms with Crippen LogP contribution in [0, 0.1) is 0 Å². The summed E-state index contributed by atoms with van der Waals surface area (Å²) < 4.78 is 5.52. The van der Waals surface area contributed by atoms with Gasteiger partial charge in [0, 0.05) is 13.1 Å². The Morgan fingerprint density at radius 1 is 1.53 bits per heavy atom. The van der Waals surface area contributed by atoms with Gasteiger partial charge in [-0.25, -0.2) is 0 Å². The van der Waals surface area contributed by atoms with Gasteiger partial charge in [0.15, 0.2) is 0 Å². The first-order chi connectivity index (χ1) is 8.98. The van der Waals surface area contributed by atoms with Crippen molar-refractivity contribution in [3.05, 3.63) is 0 Å². The van der Waals surface area contributed by atoms with E-state index in [4.69, 9.17) is 10.5 Å². The lowest BCUT2D eigenvalue weighted by atomic mass is 9.94. The number of likely N-dealkylation sites (N-methyl/N-ethyl adjacent to an activating group) is 1. The molecular formula is C14H29N3O2. The third-order valence-corrected chi connectivity index (χ3v) is 3.84. The number of nitrogens with two attached hydrogens (primary N) is 1. The smallest absolute Gasteiger partial charge is 0.237 e. The molecule has 1 rings (SSSR count). The second-order valence-corrected chi connectivity index (χ2v) is 5.67. The van der Waals surface area contributed by atoms with Crippen molar-refractivity contribution >= 4 is 5.91 Å². The topological polar surface area (TPSA) is 67.6 Å². The van der Waals surface area contributed by atoms with Crippen molar-refractivity contribution in [2.45, 2.75) is 51.7 Å². The number of hydrogen-bond acceptors (Lipinski definition) is 4. The minimum atomic E-state index is -0.562. The van der Waals surface area contributed by atoms with Gasteiger partial charge in [0.1, 0.15) is 0 Å². The highest BCUT2D eigenvalue weighted by atomic mass is 16.5. The molecule has 1 heterocycles. The van der Waals surface area contributed by atoms with E-state index in [1.165, 1.54) is 0 Å². The summed E-state index contributed by atoms with van der Waals surface area (Å²) in [6.07, 6.45) is 3.25. The van der Waals surface area contributed by atoms with Gasteiger partial charge in [-0.1, -0.05) is 6.92 Å². The van der Waals surface area contributed by atoms with Crippen LogP contribution in [0.3, 0.4) is 0 Å². The molecule has 0 aromatic rings. The maximum Gasteiger partial charge on any atom is 0.237 e. The van der Waals surface area contributed by atoms with Gasteiger partial charge < -0.3 is 15.8 Å². The molecule has 5 heteroatoms. The van der Waals surface area contributed by atoms with Crippen LogP contribution < -0.4 is 11.1 Å². The van der Waals surface area contributed by atoms with E-state index < -0.39 is 5.54 Å². The molecule has 0 aromatic carbocycles. The average Bonchev–Trinajstić information content (AvgIpc) is 2.35. The van der Waals surface area contributed by atoms with Gasteiger partial charge in [0.05, 0.1) is 18.2 Å². The molecular weight excluding hydrogens is 242 g/mol. The number of ether oxygens (including phenoxy) is 1. The molecule has 3 N–H and O–H groups in total. The summed E-state index contributed by atoms with van der Waals surface area (Å²) in [5.74, 6) is -0.255. The molecule has 0 aromatic heterocycles. The van der Waals surface area contributed by atoms with Gasteiger partial charge in [0.2, 0.25) is 5.91 Å². The van der Waals surface area contributed by atoms with Crippen LogP contribution in [0.1, 0.15) is 40.0 Å². The Morgan fingerprint density at radius 2 is 2.26 bits per heavy atom. The molecule has 1 aliphatic heterocycles. The molecule has 112 valence electrons. The van der Waals surface area contributed by atoms with Gasteiger partial charge in [-0.2, -0.15) is 0 Å². The Bertz CT molecular complexity index is 286. The largest absolute Gasteiger partial charge is 0.376 e. The molecule has 1 aliphatic rings. The van der Waals surface area contributed by atoms with E-state index in [1.807, 2.05) is 13.8 Å². The minimum absolute atomic E-state index is 0.255. The lowest BCUT2D eigenvalue weighted by Crippen LogP contribution is -2.53. The summed E-state index contributed by atoms with van der Waals surface area (Å²) >= 11 is 0. The van der Waals surface area contributed by atoms with Crippen LogP contribution in [0.5, 0.6) is 0 Å². The van der Waals surface area contributed by atoms with Gasteiger partial charge in [0.25, 0.3) is 0 Å². The van der Waals surface area contributed by atoms with E-state index in [9.17, 15) is 4.79 Å². The number of carbonyl (C=O) groups is 1. The van der Waals surface area contributed by atoms with Crippen molar-refractivity contribution in [1.29, 1.82) is 0 Å². The number of unbranched alkanes of at least 4 members (excludes halogenated alkanes) is 1. The second kappa shape index (κ2) is 7.82. The van der Waals surface area contributed by atoms with Crippen molar-refractivity contribution in [2.75, 3.05) is 32.8 Å². The number of carbonyl (C=O) groups excluding carboxylic acids is 1. The molecule has 0 bridgehead atoms. The standard InChI is InChI=1S/C14H29N3O2/c1-4-16-14(3,13(15)18)7-5-6-8-17-9-10-19-12(2)11-17/h12,16H,4-11H2,1-3H3,(H2,15,18). The van der Waals surface area contributed by atoms with Gasteiger partial charge in [-0.15, -0.1) is 0 Å². The monoisotopic (exact) mass is 271 g/mol. The number of nitrogens with one attached hydrogen (secondary N) is 1. The fourth-order valence-electron chi connectivity index (χ4n) is 2.60. The molecule has 0 spiro atoms. The summed E-state index contributed by atoms with van der Waals surface area (Å²) in [4.78, 5) is 13.9. The first-order valence-corrected chi connectivity index (χ1v) is 7.37. The second-order valence-electron chi connectivity index (χ2n) is 5.67. The highest BCUT2D eigenvalue weighted by Crippen LogP contribution is 2.14. The third kappa shape index (κ3) is 5.47. The molecule has 1 saturated heterocycles. The Morgan fingerprint density at radius 3 is 2.84 bits per heavy atom. The van der Waals surface area contributed by atoms with Gasteiger partial charge in [-0.3, -0.25) is 9.69 Å². The van der Waals surface area contributed by atoms with Crippen LogP contribution in [0.4, 0.5) is 0 Å². The van der Waals surface area contributed by atoms with Crippen molar-refractivity contribution in [2.24, 2.45) is 5.73 Å². The van der Waals surface area contributed by atoms with E-state index in [-0.39, 0.29) is 5.91 Å². The first-order valence-electron chi connectivity index (χ1n) is 7.37. The predicted molar refractivity (Wildman–Crippen MR) is 77.0 cm³/mol. The van der Waals surface area contributed by atoms with Gasteiger partial charge in [-0.05, 0) is 46.2 Å². The van der Waals surface area contributed by atoms with E-state index in [1.54, 1.807) is 0 Å². The lowest BCUT2D eigenvalue weighted by molar-refractivity contribution is -0.124. The van der Waals surface area contributed by atoms with Crippen molar-refractivity contribution in [3.63, 3.8) is 0 Å². The van der Waals surface area contributed by atoms with E-state index >= 15 is 0 Å². The Kier molecular flexibility index (Phi) is 6.75. The van der Waals surface area contributed by atoms with Crippen LogP contribution in [0.2, 0.25) is 0 Å². The zero-order chi connectivity index (χ0) is 14.3. The molecule has 5 nitrogen and oxygen atoms in total. The molecule has 2 unspecified atom stereocenters. The van der Waals surface area contributed by atoms with Crippen LogP contribution in [0.15, 0.2) is 0 Å². The van der Waals surface area contributed by atoms with Crippen molar-refractivity contribution < 1.29 is 9.53 Å². The SMILES string of the molecule is CCNC(C)(CCCCN1CCOC(C)C1)C(N)=O. The summed E-state index contributed by atoms with van der Waals surface area (Å²) in [5.41, 5.74) is 4.91. The molecule has 19 heavy (non-hydrogen) atoms. The van der Waals surface area contributed by atoms with Crippen LogP contribution in [-0.2, 0) is 9.53 Å². The van der Waals surface area contributed by atoms with E-state index in [2.05, 4.69) is 17.1 Å². The first kappa shape index (κ1) is 16.4. The molecule has 0 aliphatic carbocycles. The molecule has 0 saturated carbocycles. The summed E-state index contributed by atoms with van der Waals surface area (Å²) in [5, 5.41) is 3.20. The summed E-state index contributed by atoms with van der Waals surface area (Å²) in [6, 6.07) is 0. The summed E-state index contributed by atoms with van der Waals surface area (Å²) in [6.45, 7) is 10.7. The van der Waals surface area contributed by atoms with E-state index in [0.29, 0.717) is 6.10 Å². The number of rotatable bonds is 8. The maximum absolute atomic E-state index is 11.5. The number of primary amides is 1. The van der Waals surface area contributed by atoms with Crippen molar-refractivity contribution in [1.82, 2.24) is 10.2 Å². The quantitative estimate of drug-likeness (QED) is 0.639. The molecule has 2 atom stereocenters. The number of hydrogen-bond donors (Lipinski definition) is 2. The van der Waals surface area contributed by atoms with Crippen LogP contribution in [-0.4, -0.2) is 55.2 Å². The number of morpholine rings is 1. The predicted octanol–water partition coefficient (Wildman–Crippen LogP) is 0.731. The number of nitrogens with zero attached hydrogens (tertiary/aromatic N) is 1. The zero-order valence-electron chi connectivity index (χ0n) is 12.6. The maximum atomic E-state index is 11.5. The fourth-order valence-corrected chi connectivity index (χ4v) is 2.60. The normalized spacial score (nSPS) is 24.1. The molecule has 1 fully saturated rings. The average molecular weight is 271 g/mol. The van der Waals surface area contributed by atoms with Gasteiger partial charge >= 0.3 is 0 Å². The van der Waals surface area contributed by atoms with Crippen LogP contribution in [0.25, 0.3) is 0 Å². The van der Waals surface area contributed by atoms with E-state index in [0.717, 1.165) is 52.0 Å². The minimum Gasteiger partial charge on any atom is -0.376 e. The number of amides is 1. The zero-order valence-corrected chi connectivity index (χ0v) is 12.6. The summed E-state index contributed by atoms with van der Waals surface area (Å²) in [7, 11) is 0. The van der Waals surface area contributed by atoms with Crippen LogP contribution >= 0.6 is 0 Å². The highest BCUT2D eigenvalue weighted by molar-refractivity contribution is 5.84. The Labute approximate surface area is 116 Å². The highest BCUT2D eigenvalue weighted by Gasteiger charge is 2.29. The Balaban J connectivity index is 2.23. The lowest BCUT2D eigenvalue weighted by Gasteiger charge is -2.31. The fraction of sp³-hybridized carbons (Fsp3) is 0.929. The Hall–Kier alpha value is -0.650. The third-order valence-electron chi connectivity index (χ3n) is 3.84.